The number of nitrogens with two attached hydrogens (primary N) is 1. The number of nitrogen functional groups attached to an aromatic ring is 1. The molecular formula is C25H30N2O3. The van der Waals surface area contributed by atoms with Crippen LogP contribution in [0.4, 0.5) is 5.69 Å². The lowest BCUT2D eigenvalue weighted by Gasteiger charge is -2.31. The SMILES string of the molecule is COc1ccc(CC(C)N(Cc2ccccc2)CC(O)c2ccc(O)c(N)c2)cc1. The molecule has 2 atom stereocenters. The van der Waals surface area contributed by atoms with E-state index in [4.69, 9.17) is 10.5 Å². The highest BCUT2D eigenvalue weighted by atomic mass is 16.5. The van der Waals surface area contributed by atoms with Crippen LogP contribution in [0.15, 0.2) is 72.8 Å². The maximum absolute atomic E-state index is 10.9. The molecule has 0 aliphatic heterocycles. The molecule has 0 radical (unpaired) electrons. The van der Waals surface area contributed by atoms with Crippen molar-refractivity contribution in [1.82, 2.24) is 4.90 Å². The minimum absolute atomic E-state index is 0.0277. The van der Waals surface area contributed by atoms with E-state index in [0.717, 1.165) is 18.7 Å². The Labute approximate surface area is 178 Å². The molecule has 2 unspecified atom stereocenters. The summed E-state index contributed by atoms with van der Waals surface area (Å²) in [6.45, 7) is 3.35. The predicted molar refractivity (Wildman–Crippen MR) is 120 cm³/mol. The summed E-state index contributed by atoms with van der Waals surface area (Å²) in [6.07, 6.45) is 0.135. The van der Waals surface area contributed by atoms with Crippen molar-refractivity contribution < 1.29 is 14.9 Å². The van der Waals surface area contributed by atoms with Crippen LogP contribution >= 0.6 is 0 Å². The quantitative estimate of drug-likeness (QED) is 0.367. The van der Waals surface area contributed by atoms with Gasteiger partial charge < -0.3 is 20.7 Å². The van der Waals surface area contributed by atoms with E-state index in [0.29, 0.717) is 12.1 Å². The van der Waals surface area contributed by atoms with E-state index in [2.05, 4.69) is 36.1 Å². The number of aliphatic hydroxyl groups excluding tert-OH is 1. The van der Waals surface area contributed by atoms with Crippen LogP contribution in [0.1, 0.15) is 29.7 Å². The highest BCUT2D eigenvalue weighted by molar-refractivity contribution is 5.53. The van der Waals surface area contributed by atoms with E-state index in [-0.39, 0.29) is 17.5 Å². The van der Waals surface area contributed by atoms with E-state index >= 15 is 0 Å². The number of anilines is 1. The van der Waals surface area contributed by atoms with Crippen LogP contribution < -0.4 is 10.5 Å². The number of nitrogens with zero attached hydrogens (tertiary/aromatic N) is 1. The van der Waals surface area contributed by atoms with E-state index in [1.165, 1.54) is 17.2 Å². The zero-order valence-electron chi connectivity index (χ0n) is 17.5. The van der Waals surface area contributed by atoms with Gasteiger partial charge in [0.05, 0.1) is 18.9 Å². The summed E-state index contributed by atoms with van der Waals surface area (Å²) in [5.74, 6) is 0.868. The van der Waals surface area contributed by atoms with Gasteiger partial charge >= 0.3 is 0 Å². The maximum atomic E-state index is 10.9. The third kappa shape index (κ3) is 5.75. The summed E-state index contributed by atoms with van der Waals surface area (Å²) in [4.78, 5) is 2.27. The molecule has 3 rings (SSSR count). The number of rotatable bonds is 9. The van der Waals surface area contributed by atoms with Crippen LogP contribution in [-0.2, 0) is 13.0 Å². The van der Waals surface area contributed by atoms with Gasteiger partial charge in [-0.2, -0.15) is 0 Å². The standard InChI is InChI=1S/C25H30N2O3/c1-18(14-19-8-11-22(30-2)12-9-19)27(16-20-6-4-3-5-7-20)17-25(29)21-10-13-24(28)23(26)15-21/h3-13,15,18,25,28-29H,14,16-17,26H2,1-2H3. The molecule has 5 nitrogen and oxygen atoms in total. The first kappa shape index (κ1) is 21.7. The molecule has 0 aliphatic carbocycles. The van der Waals surface area contributed by atoms with Gasteiger partial charge in [-0.15, -0.1) is 0 Å². The average molecular weight is 407 g/mol. The molecule has 0 aromatic heterocycles. The topological polar surface area (TPSA) is 79.0 Å². The molecular weight excluding hydrogens is 376 g/mol. The molecule has 0 amide bonds. The first-order valence-corrected chi connectivity index (χ1v) is 10.1. The van der Waals surface area contributed by atoms with E-state index in [9.17, 15) is 10.2 Å². The lowest BCUT2D eigenvalue weighted by Crippen LogP contribution is -2.37. The van der Waals surface area contributed by atoms with Crippen molar-refractivity contribution in [3.8, 4) is 11.5 Å². The van der Waals surface area contributed by atoms with Crippen LogP contribution in [0.25, 0.3) is 0 Å². The number of phenols is 1. The molecule has 0 saturated carbocycles. The molecule has 5 heteroatoms. The van der Waals surface area contributed by atoms with Gasteiger partial charge in [-0.1, -0.05) is 48.5 Å². The number of aliphatic hydroxyl groups is 1. The van der Waals surface area contributed by atoms with Gasteiger partial charge in [0.1, 0.15) is 11.5 Å². The van der Waals surface area contributed by atoms with Gasteiger partial charge in [-0.25, -0.2) is 0 Å². The zero-order chi connectivity index (χ0) is 21.5. The summed E-state index contributed by atoms with van der Waals surface area (Å²) in [7, 11) is 1.66. The second kappa shape index (κ2) is 10.1. The van der Waals surface area contributed by atoms with Crippen LogP contribution in [0.3, 0.4) is 0 Å². The first-order chi connectivity index (χ1) is 14.5. The summed E-state index contributed by atoms with van der Waals surface area (Å²) in [5.41, 5.74) is 9.18. The Morgan fingerprint density at radius 1 is 0.967 bits per heavy atom. The number of aromatic hydroxyl groups is 1. The lowest BCUT2D eigenvalue weighted by atomic mass is 10.0. The molecule has 0 saturated heterocycles. The third-order valence-electron chi connectivity index (χ3n) is 5.39. The summed E-state index contributed by atoms with van der Waals surface area (Å²) >= 11 is 0. The average Bonchev–Trinajstić information content (AvgIpc) is 2.76. The highest BCUT2D eigenvalue weighted by Crippen LogP contribution is 2.26. The number of ether oxygens (including phenoxy) is 1. The molecule has 4 N–H and O–H groups in total. The summed E-state index contributed by atoms with van der Waals surface area (Å²) in [5, 5.41) is 20.5. The second-order valence-corrected chi connectivity index (χ2v) is 7.65. The second-order valence-electron chi connectivity index (χ2n) is 7.65. The van der Waals surface area contributed by atoms with Crippen LogP contribution in [0.5, 0.6) is 11.5 Å². The Balaban J connectivity index is 1.76. The van der Waals surface area contributed by atoms with Gasteiger partial charge in [0.2, 0.25) is 0 Å². The number of methoxy groups -OCH3 is 1. The third-order valence-corrected chi connectivity index (χ3v) is 5.39. The Hall–Kier alpha value is -3.02. The summed E-state index contributed by atoms with van der Waals surface area (Å²) < 4.78 is 5.25. The van der Waals surface area contributed by atoms with E-state index in [1.54, 1.807) is 19.2 Å². The molecule has 0 heterocycles. The Morgan fingerprint density at radius 2 is 1.67 bits per heavy atom. The fourth-order valence-electron chi connectivity index (χ4n) is 3.56. The van der Waals surface area contributed by atoms with Gasteiger partial charge in [-0.05, 0) is 54.3 Å². The van der Waals surface area contributed by atoms with Gasteiger partial charge in [0.25, 0.3) is 0 Å². The van der Waals surface area contributed by atoms with Crippen molar-refractivity contribution in [3.63, 3.8) is 0 Å². The molecule has 3 aromatic carbocycles. The van der Waals surface area contributed by atoms with Crippen molar-refractivity contribution >= 4 is 5.69 Å². The van der Waals surface area contributed by atoms with Crippen molar-refractivity contribution in [1.29, 1.82) is 0 Å². The number of hydrogen-bond donors (Lipinski definition) is 3. The molecule has 158 valence electrons. The largest absolute Gasteiger partial charge is 0.506 e. The minimum Gasteiger partial charge on any atom is -0.506 e. The Bertz CT molecular complexity index is 929. The van der Waals surface area contributed by atoms with E-state index in [1.807, 2.05) is 30.3 Å². The molecule has 0 spiro atoms. The number of hydrogen-bond acceptors (Lipinski definition) is 5. The fraction of sp³-hybridized carbons (Fsp3) is 0.280. The highest BCUT2D eigenvalue weighted by Gasteiger charge is 2.20. The van der Waals surface area contributed by atoms with Crippen LogP contribution in [0, 0.1) is 0 Å². The van der Waals surface area contributed by atoms with Gasteiger partial charge in [0, 0.05) is 19.1 Å². The molecule has 0 aliphatic rings. The van der Waals surface area contributed by atoms with E-state index < -0.39 is 6.10 Å². The number of benzene rings is 3. The lowest BCUT2D eigenvalue weighted by molar-refractivity contribution is 0.0859. The van der Waals surface area contributed by atoms with Crippen molar-refractivity contribution in [2.24, 2.45) is 0 Å². The normalized spacial score (nSPS) is 13.2. The van der Waals surface area contributed by atoms with Crippen molar-refractivity contribution in [2.75, 3.05) is 19.4 Å². The molecule has 0 fully saturated rings. The minimum atomic E-state index is -0.713. The maximum Gasteiger partial charge on any atom is 0.138 e. The first-order valence-electron chi connectivity index (χ1n) is 10.1. The zero-order valence-corrected chi connectivity index (χ0v) is 17.5. The van der Waals surface area contributed by atoms with Crippen LogP contribution in [-0.4, -0.2) is 34.8 Å². The smallest absolute Gasteiger partial charge is 0.138 e. The predicted octanol–water partition coefficient (Wildman–Crippen LogP) is 4.15. The van der Waals surface area contributed by atoms with Crippen molar-refractivity contribution in [3.05, 3.63) is 89.5 Å². The Morgan fingerprint density at radius 3 is 2.30 bits per heavy atom. The monoisotopic (exact) mass is 406 g/mol. The molecule has 3 aromatic rings. The molecule has 30 heavy (non-hydrogen) atoms. The number of phenolic OH excluding ortho intramolecular Hbond substituents is 1. The van der Waals surface area contributed by atoms with Crippen molar-refractivity contribution in [2.45, 2.75) is 32.0 Å². The Kier molecular flexibility index (Phi) is 7.33. The van der Waals surface area contributed by atoms with Crippen LogP contribution in [0.2, 0.25) is 0 Å². The summed E-state index contributed by atoms with van der Waals surface area (Å²) in [6, 6.07) is 23.4. The molecule has 0 bridgehead atoms. The van der Waals surface area contributed by atoms with Gasteiger partial charge in [-0.3, -0.25) is 4.90 Å². The fourth-order valence-corrected chi connectivity index (χ4v) is 3.56. The van der Waals surface area contributed by atoms with Gasteiger partial charge in [0.15, 0.2) is 0 Å².